The minimum atomic E-state index is -0.323. The summed E-state index contributed by atoms with van der Waals surface area (Å²) in [6.45, 7) is 11.6. The first-order valence-electron chi connectivity index (χ1n) is 7.18. The lowest BCUT2D eigenvalue weighted by Gasteiger charge is -2.33. The molecule has 1 atom stereocenters. The third-order valence-electron chi connectivity index (χ3n) is 3.70. The van der Waals surface area contributed by atoms with Crippen LogP contribution in [0.2, 0.25) is 0 Å². The second-order valence-electron chi connectivity index (χ2n) is 5.08. The van der Waals surface area contributed by atoms with Gasteiger partial charge in [-0.25, -0.2) is 0 Å². The van der Waals surface area contributed by atoms with Crippen molar-refractivity contribution in [3.63, 3.8) is 0 Å². The topological polar surface area (TPSA) is 44.5 Å². The molecule has 0 heterocycles. The molecule has 0 bridgehead atoms. The van der Waals surface area contributed by atoms with Gasteiger partial charge in [-0.2, -0.15) is 0 Å². The smallest absolute Gasteiger partial charge is 0.161 e. The summed E-state index contributed by atoms with van der Waals surface area (Å²) in [4.78, 5) is 0. The van der Waals surface area contributed by atoms with Crippen LogP contribution >= 0.6 is 0 Å². The van der Waals surface area contributed by atoms with Crippen LogP contribution in [0.1, 0.15) is 46.6 Å². The molecule has 19 heavy (non-hydrogen) atoms. The van der Waals surface area contributed by atoms with Gasteiger partial charge in [-0.15, -0.1) is 0 Å². The molecule has 0 aromatic heterocycles. The summed E-state index contributed by atoms with van der Waals surface area (Å²) in [6, 6.07) is 6.04. The second-order valence-corrected chi connectivity index (χ2v) is 5.08. The zero-order chi connectivity index (χ0) is 14.5. The van der Waals surface area contributed by atoms with E-state index in [0.717, 1.165) is 23.5 Å². The van der Waals surface area contributed by atoms with Crippen molar-refractivity contribution in [3.05, 3.63) is 23.8 Å². The van der Waals surface area contributed by atoms with Crippen molar-refractivity contribution in [1.29, 1.82) is 0 Å². The summed E-state index contributed by atoms with van der Waals surface area (Å²) >= 11 is 0. The number of hydrogen-bond donors (Lipinski definition) is 1. The van der Waals surface area contributed by atoms with Crippen molar-refractivity contribution in [3.8, 4) is 11.5 Å². The first-order chi connectivity index (χ1) is 8.99. The van der Waals surface area contributed by atoms with Crippen molar-refractivity contribution < 1.29 is 9.47 Å². The highest BCUT2D eigenvalue weighted by Crippen LogP contribution is 2.36. The minimum absolute atomic E-state index is 0.323. The Morgan fingerprint density at radius 3 is 2.11 bits per heavy atom. The zero-order valence-electron chi connectivity index (χ0n) is 12.8. The standard InChI is InChI=1S/C16H27NO2/c1-6-16(17,12(4)5)13-9-10-14(18-7-2)15(11-13)19-8-3/h9-12H,6-8,17H2,1-5H3. The molecule has 0 aliphatic rings. The van der Waals surface area contributed by atoms with Gasteiger partial charge in [0.25, 0.3) is 0 Å². The Bertz CT molecular complexity index is 404. The highest BCUT2D eigenvalue weighted by atomic mass is 16.5. The molecule has 1 rings (SSSR count). The van der Waals surface area contributed by atoms with E-state index >= 15 is 0 Å². The SMILES string of the molecule is CCOc1ccc(C(N)(CC)C(C)C)cc1OCC. The first-order valence-corrected chi connectivity index (χ1v) is 7.18. The van der Waals surface area contributed by atoms with Gasteiger partial charge in [0, 0.05) is 5.54 Å². The highest BCUT2D eigenvalue weighted by molar-refractivity contribution is 5.45. The monoisotopic (exact) mass is 265 g/mol. The number of hydrogen-bond acceptors (Lipinski definition) is 3. The summed E-state index contributed by atoms with van der Waals surface area (Å²) < 4.78 is 11.3. The van der Waals surface area contributed by atoms with E-state index in [4.69, 9.17) is 15.2 Å². The predicted molar refractivity (Wildman–Crippen MR) is 79.8 cm³/mol. The van der Waals surface area contributed by atoms with Crippen LogP contribution in [0.3, 0.4) is 0 Å². The van der Waals surface area contributed by atoms with Gasteiger partial charge in [0.2, 0.25) is 0 Å². The Labute approximate surface area is 117 Å². The predicted octanol–water partition coefficient (Wildman–Crippen LogP) is 3.70. The Morgan fingerprint density at radius 2 is 1.63 bits per heavy atom. The van der Waals surface area contributed by atoms with E-state index in [1.165, 1.54) is 0 Å². The van der Waals surface area contributed by atoms with Crippen LogP contribution in [0.4, 0.5) is 0 Å². The molecule has 2 N–H and O–H groups in total. The van der Waals surface area contributed by atoms with Crippen LogP contribution in [0, 0.1) is 5.92 Å². The molecule has 108 valence electrons. The molecule has 3 nitrogen and oxygen atoms in total. The van der Waals surface area contributed by atoms with E-state index < -0.39 is 0 Å². The maximum atomic E-state index is 6.55. The second kappa shape index (κ2) is 6.80. The highest BCUT2D eigenvalue weighted by Gasteiger charge is 2.30. The fraction of sp³-hybridized carbons (Fsp3) is 0.625. The van der Waals surface area contributed by atoms with Crippen molar-refractivity contribution in [1.82, 2.24) is 0 Å². The quantitative estimate of drug-likeness (QED) is 0.817. The summed E-state index contributed by atoms with van der Waals surface area (Å²) in [7, 11) is 0. The lowest BCUT2D eigenvalue weighted by molar-refractivity contribution is 0.280. The lowest BCUT2D eigenvalue weighted by Crippen LogP contribution is -2.41. The van der Waals surface area contributed by atoms with Gasteiger partial charge in [-0.1, -0.05) is 26.8 Å². The van der Waals surface area contributed by atoms with Crippen LogP contribution in [0.5, 0.6) is 11.5 Å². The fourth-order valence-corrected chi connectivity index (χ4v) is 2.29. The van der Waals surface area contributed by atoms with Crippen LogP contribution in [0.15, 0.2) is 18.2 Å². The summed E-state index contributed by atoms with van der Waals surface area (Å²) in [6.07, 6.45) is 0.893. The molecule has 0 fully saturated rings. The molecule has 0 aliphatic carbocycles. The van der Waals surface area contributed by atoms with Crippen LogP contribution in [-0.2, 0) is 5.54 Å². The van der Waals surface area contributed by atoms with Crippen LogP contribution < -0.4 is 15.2 Å². The lowest BCUT2D eigenvalue weighted by atomic mass is 9.78. The summed E-state index contributed by atoms with van der Waals surface area (Å²) in [5, 5.41) is 0. The fourth-order valence-electron chi connectivity index (χ4n) is 2.29. The number of nitrogens with two attached hydrogens (primary N) is 1. The Balaban J connectivity index is 3.19. The minimum Gasteiger partial charge on any atom is -0.490 e. The maximum Gasteiger partial charge on any atom is 0.161 e. The van der Waals surface area contributed by atoms with Gasteiger partial charge in [-0.05, 0) is 43.9 Å². The number of benzene rings is 1. The maximum absolute atomic E-state index is 6.55. The molecule has 0 saturated carbocycles. The molecule has 0 spiro atoms. The van der Waals surface area contributed by atoms with E-state index in [-0.39, 0.29) is 5.54 Å². The Hall–Kier alpha value is -1.22. The first kappa shape index (κ1) is 15.8. The molecular formula is C16H27NO2. The molecule has 1 aromatic rings. The molecule has 1 aromatic carbocycles. The Morgan fingerprint density at radius 1 is 1.05 bits per heavy atom. The van der Waals surface area contributed by atoms with Crippen molar-refractivity contribution in [2.45, 2.75) is 46.6 Å². The normalized spacial score (nSPS) is 14.3. The third kappa shape index (κ3) is 3.41. The Kier molecular flexibility index (Phi) is 5.67. The zero-order valence-corrected chi connectivity index (χ0v) is 12.8. The van der Waals surface area contributed by atoms with Crippen molar-refractivity contribution >= 4 is 0 Å². The van der Waals surface area contributed by atoms with Crippen LogP contribution in [0.25, 0.3) is 0 Å². The summed E-state index contributed by atoms with van der Waals surface area (Å²) in [5.41, 5.74) is 7.34. The molecule has 0 aliphatic heterocycles. The van der Waals surface area contributed by atoms with Crippen molar-refractivity contribution in [2.24, 2.45) is 11.7 Å². The van der Waals surface area contributed by atoms with Crippen molar-refractivity contribution in [2.75, 3.05) is 13.2 Å². The van der Waals surface area contributed by atoms with E-state index in [1.807, 2.05) is 26.0 Å². The molecule has 0 radical (unpaired) electrons. The molecule has 3 heteroatoms. The average molecular weight is 265 g/mol. The molecular weight excluding hydrogens is 238 g/mol. The van der Waals surface area contributed by atoms with E-state index in [9.17, 15) is 0 Å². The molecule has 0 amide bonds. The molecule has 0 saturated heterocycles. The van der Waals surface area contributed by atoms with Gasteiger partial charge < -0.3 is 15.2 Å². The summed E-state index contributed by atoms with van der Waals surface area (Å²) in [5.74, 6) is 1.94. The number of ether oxygens (including phenoxy) is 2. The van der Waals surface area contributed by atoms with Gasteiger partial charge in [0.15, 0.2) is 11.5 Å². The van der Waals surface area contributed by atoms with Crippen LogP contribution in [-0.4, -0.2) is 13.2 Å². The number of rotatable bonds is 7. The van der Waals surface area contributed by atoms with E-state index in [0.29, 0.717) is 19.1 Å². The van der Waals surface area contributed by atoms with Gasteiger partial charge in [-0.3, -0.25) is 0 Å². The largest absolute Gasteiger partial charge is 0.490 e. The third-order valence-corrected chi connectivity index (χ3v) is 3.70. The van der Waals surface area contributed by atoms with Gasteiger partial charge >= 0.3 is 0 Å². The van der Waals surface area contributed by atoms with Gasteiger partial charge in [0.05, 0.1) is 13.2 Å². The van der Waals surface area contributed by atoms with Gasteiger partial charge in [0.1, 0.15) is 0 Å². The average Bonchev–Trinajstić information content (AvgIpc) is 2.40. The van der Waals surface area contributed by atoms with E-state index in [1.54, 1.807) is 0 Å². The molecule has 1 unspecified atom stereocenters. The van der Waals surface area contributed by atoms with E-state index in [2.05, 4.69) is 26.8 Å².